The average Bonchev–Trinajstić information content (AvgIpc) is 2.48. The number of nitrogens with two attached hydrogens (primary N) is 1. The fourth-order valence-corrected chi connectivity index (χ4v) is 1.86. The van der Waals surface area contributed by atoms with E-state index in [0.29, 0.717) is 18.1 Å². The van der Waals surface area contributed by atoms with Gasteiger partial charge in [0.25, 0.3) is 0 Å². The van der Waals surface area contributed by atoms with Crippen molar-refractivity contribution in [1.82, 2.24) is 9.97 Å². The smallest absolute Gasteiger partial charge is 0.240 e. The Morgan fingerprint density at radius 2 is 2.10 bits per heavy atom. The van der Waals surface area contributed by atoms with Crippen LogP contribution in [0.4, 0.5) is 5.82 Å². The van der Waals surface area contributed by atoms with Crippen molar-refractivity contribution < 1.29 is 4.79 Å². The Kier molecular flexibility index (Phi) is 4.89. The number of terminal acetylenes is 1. The van der Waals surface area contributed by atoms with E-state index >= 15 is 0 Å². The Balaban J connectivity index is 2.10. The van der Waals surface area contributed by atoms with Crippen LogP contribution in [0.1, 0.15) is 17.8 Å². The fourth-order valence-electron chi connectivity index (χ4n) is 1.86. The molecule has 1 unspecified atom stereocenters. The number of amides is 1. The molecule has 2 rings (SSSR count). The number of hydrogen-bond acceptors (Lipinski definition) is 4. The number of rotatable bonds is 6. The molecule has 5 nitrogen and oxygen atoms in total. The summed E-state index contributed by atoms with van der Waals surface area (Å²) in [5, 5.41) is 2.94. The Hall–Kier alpha value is -2.87. The zero-order chi connectivity index (χ0) is 15.1. The van der Waals surface area contributed by atoms with Gasteiger partial charge in [-0.15, -0.1) is 12.3 Å². The average molecular weight is 280 g/mol. The number of nitrogens with one attached hydrogen (secondary N) is 1. The second-order valence-electron chi connectivity index (χ2n) is 4.53. The molecule has 1 heterocycles. The van der Waals surface area contributed by atoms with Gasteiger partial charge < -0.3 is 11.1 Å². The molecule has 1 amide bonds. The maximum Gasteiger partial charge on any atom is 0.240 e. The van der Waals surface area contributed by atoms with Crippen LogP contribution in [0, 0.1) is 12.3 Å². The Morgan fingerprint density at radius 1 is 1.33 bits per heavy atom. The minimum Gasteiger partial charge on any atom is -0.368 e. The van der Waals surface area contributed by atoms with E-state index in [4.69, 9.17) is 12.2 Å². The number of anilines is 1. The van der Waals surface area contributed by atoms with Crippen LogP contribution in [-0.4, -0.2) is 21.9 Å². The SMILES string of the molecule is C#CCC(Nc1ccnc(Cc2ccccc2)n1)C(N)=O. The zero-order valence-electron chi connectivity index (χ0n) is 11.5. The quantitative estimate of drug-likeness (QED) is 0.783. The standard InChI is InChI=1S/C16H16N4O/c1-2-6-13(16(17)21)19-14-9-10-18-15(20-14)11-12-7-4-3-5-8-12/h1,3-5,7-10,13H,6,11H2,(H2,17,21)(H,18,19,20). The summed E-state index contributed by atoms with van der Waals surface area (Å²) in [4.78, 5) is 19.9. The van der Waals surface area contributed by atoms with Crippen molar-refractivity contribution in [3.05, 3.63) is 54.0 Å². The third kappa shape index (κ3) is 4.32. The summed E-state index contributed by atoms with van der Waals surface area (Å²) >= 11 is 0. The van der Waals surface area contributed by atoms with E-state index in [1.807, 2.05) is 30.3 Å². The van der Waals surface area contributed by atoms with Gasteiger partial charge in [-0.3, -0.25) is 4.79 Å². The van der Waals surface area contributed by atoms with Crippen molar-refractivity contribution in [2.45, 2.75) is 18.9 Å². The summed E-state index contributed by atoms with van der Waals surface area (Å²) in [6.07, 6.45) is 7.70. The van der Waals surface area contributed by atoms with E-state index in [-0.39, 0.29) is 6.42 Å². The topological polar surface area (TPSA) is 80.9 Å². The highest BCUT2D eigenvalue weighted by molar-refractivity contribution is 5.82. The van der Waals surface area contributed by atoms with Crippen molar-refractivity contribution >= 4 is 11.7 Å². The largest absolute Gasteiger partial charge is 0.368 e. The summed E-state index contributed by atoms with van der Waals surface area (Å²) < 4.78 is 0. The molecule has 0 aliphatic carbocycles. The molecule has 3 N–H and O–H groups in total. The summed E-state index contributed by atoms with van der Waals surface area (Å²) in [5.41, 5.74) is 6.41. The predicted molar refractivity (Wildman–Crippen MR) is 81.3 cm³/mol. The molecule has 106 valence electrons. The third-order valence-corrected chi connectivity index (χ3v) is 2.90. The molecule has 2 aromatic rings. The van der Waals surface area contributed by atoms with E-state index < -0.39 is 11.9 Å². The molecule has 0 fully saturated rings. The predicted octanol–water partition coefficient (Wildman–Crippen LogP) is 1.36. The molecule has 0 bridgehead atoms. The van der Waals surface area contributed by atoms with Gasteiger partial charge in [0, 0.05) is 19.0 Å². The number of carbonyl (C=O) groups excluding carboxylic acids is 1. The molecule has 0 aliphatic heterocycles. The minimum absolute atomic E-state index is 0.216. The monoisotopic (exact) mass is 280 g/mol. The van der Waals surface area contributed by atoms with Crippen molar-refractivity contribution in [3.8, 4) is 12.3 Å². The first-order chi connectivity index (χ1) is 10.2. The van der Waals surface area contributed by atoms with E-state index in [9.17, 15) is 4.79 Å². The summed E-state index contributed by atoms with van der Waals surface area (Å²) in [5.74, 6) is 3.11. The van der Waals surface area contributed by atoms with Crippen LogP contribution in [0.25, 0.3) is 0 Å². The van der Waals surface area contributed by atoms with Gasteiger partial charge in [-0.25, -0.2) is 9.97 Å². The summed E-state index contributed by atoms with van der Waals surface area (Å²) in [6, 6.07) is 11.0. The maximum atomic E-state index is 11.3. The van der Waals surface area contributed by atoms with Crippen LogP contribution in [0.2, 0.25) is 0 Å². The molecule has 0 saturated carbocycles. The highest BCUT2D eigenvalue weighted by Gasteiger charge is 2.14. The van der Waals surface area contributed by atoms with Gasteiger partial charge in [0.2, 0.25) is 5.91 Å². The number of primary amides is 1. The van der Waals surface area contributed by atoms with Gasteiger partial charge in [0.1, 0.15) is 17.7 Å². The molecule has 0 radical (unpaired) electrons. The minimum atomic E-state index is -0.630. The number of benzene rings is 1. The van der Waals surface area contributed by atoms with Crippen molar-refractivity contribution in [2.24, 2.45) is 5.73 Å². The molecule has 0 aliphatic rings. The zero-order valence-corrected chi connectivity index (χ0v) is 11.5. The number of aromatic nitrogens is 2. The van der Waals surface area contributed by atoms with E-state index in [0.717, 1.165) is 5.56 Å². The van der Waals surface area contributed by atoms with E-state index in [1.165, 1.54) is 0 Å². The van der Waals surface area contributed by atoms with Crippen LogP contribution < -0.4 is 11.1 Å². The number of carbonyl (C=O) groups is 1. The molecule has 0 saturated heterocycles. The molecule has 1 atom stereocenters. The normalized spacial score (nSPS) is 11.4. The second-order valence-corrected chi connectivity index (χ2v) is 4.53. The summed E-state index contributed by atoms with van der Waals surface area (Å²) in [7, 11) is 0. The second kappa shape index (κ2) is 7.06. The lowest BCUT2D eigenvalue weighted by atomic mass is 10.1. The van der Waals surface area contributed by atoms with Crippen LogP contribution in [-0.2, 0) is 11.2 Å². The fraction of sp³-hybridized carbons (Fsp3) is 0.188. The lowest BCUT2D eigenvalue weighted by Gasteiger charge is -2.13. The van der Waals surface area contributed by atoms with Crippen LogP contribution >= 0.6 is 0 Å². The first-order valence-electron chi connectivity index (χ1n) is 6.54. The van der Waals surface area contributed by atoms with Crippen LogP contribution in [0.15, 0.2) is 42.6 Å². The van der Waals surface area contributed by atoms with Crippen LogP contribution in [0.3, 0.4) is 0 Å². The van der Waals surface area contributed by atoms with Crippen molar-refractivity contribution in [1.29, 1.82) is 0 Å². The third-order valence-electron chi connectivity index (χ3n) is 2.90. The summed E-state index contributed by atoms with van der Waals surface area (Å²) in [6.45, 7) is 0. The molecule has 5 heteroatoms. The highest BCUT2D eigenvalue weighted by atomic mass is 16.1. The Morgan fingerprint density at radius 3 is 2.76 bits per heavy atom. The Bertz CT molecular complexity index is 649. The lowest BCUT2D eigenvalue weighted by Crippen LogP contribution is -2.35. The van der Waals surface area contributed by atoms with E-state index in [2.05, 4.69) is 21.2 Å². The van der Waals surface area contributed by atoms with Gasteiger partial charge in [-0.2, -0.15) is 0 Å². The molecule has 1 aromatic heterocycles. The van der Waals surface area contributed by atoms with Crippen molar-refractivity contribution in [3.63, 3.8) is 0 Å². The molecule has 1 aromatic carbocycles. The van der Waals surface area contributed by atoms with Crippen molar-refractivity contribution in [2.75, 3.05) is 5.32 Å². The van der Waals surface area contributed by atoms with Gasteiger partial charge in [-0.1, -0.05) is 30.3 Å². The van der Waals surface area contributed by atoms with Gasteiger partial charge >= 0.3 is 0 Å². The molecular formula is C16H16N4O. The van der Waals surface area contributed by atoms with Gasteiger partial charge in [0.15, 0.2) is 0 Å². The Labute approximate surface area is 123 Å². The maximum absolute atomic E-state index is 11.3. The number of hydrogen-bond donors (Lipinski definition) is 2. The highest BCUT2D eigenvalue weighted by Crippen LogP contribution is 2.09. The molecule has 0 spiro atoms. The number of nitrogens with zero attached hydrogens (tertiary/aromatic N) is 2. The van der Waals surface area contributed by atoms with Gasteiger partial charge in [-0.05, 0) is 11.6 Å². The van der Waals surface area contributed by atoms with Crippen LogP contribution in [0.5, 0.6) is 0 Å². The van der Waals surface area contributed by atoms with Gasteiger partial charge in [0.05, 0.1) is 0 Å². The first-order valence-corrected chi connectivity index (χ1v) is 6.54. The first kappa shape index (κ1) is 14.5. The lowest BCUT2D eigenvalue weighted by molar-refractivity contribution is -0.118. The molecular weight excluding hydrogens is 264 g/mol. The molecule has 21 heavy (non-hydrogen) atoms. The van der Waals surface area contributed by atoms with E-state index in [1.54, 1.807) is 12.3 Å².